The Balaban J connectivity index is 2.11. The highest BCUT2D eigenvalue weighted by atomic mass is 16.5. The van der Waals surface area contributed by atoms with Crippen LogP contribution < -0.4 is 5.32 Å². The van der Waals surface area contributed by atoms with Gasteiger partial charge in [-0.05, 0) is 32.7 Å². The van der Waals surface area contributed by atoms with Crippen LogP contribution in [0.25, 0.3) is 0 Å². The molecule has 1 rings (SSSR count). The number of hydrogen-bond acceptors (Lipinski definition) is 3. The molecule has 2 atom stereocenters. The van der Waals surface area contributed by atoms with E-state index in [1.54, 1.807) is 0 Å². The highest BCUT2D eigenvalue weighted by Gasteiger charge is 2.20. The van der Waals surface area contributed by atoms with Crippen molar-refractivity contribution in [3.05, 3.63) is 0 Å². The standard InChI is InChI=1S/C13H28N2O/c1-11(2)5-6-14-9-12(3)15-7-8-16-13(4)10-15/h11-14H,5-10H2,1-4H3. The van der Waals surface area contributed by atoms with Crippen LogP contribution in [0.5, 0.6) is 0 Å². The summed E-state index contributed by atoms with van der Waals surface area (Å²) < 4.78 is 5.55. The normalized spacial score (nSPS) is 24.9. The van der Waals surface area contributed by atoms with Crippen molar-refractivity contribution in [2.24, 2.45) is 5.92 Å². The number of ether oxygens (including phenoxy) is 1. The average Bonchev–Trinajstić information content (AvgIpc) is 2.24. The van der Waals surface area contributed by atoms with E-state index in [2.05, 4.69) is 37.9 Å². The van der Waals surface area contributed by atoms with Crippen LogP contribution in [0.1, 0.15) is 34.1 Å². The maximum absolute atomic E-state index is 5.55. The lowest BCUT2D eigenvalue weighted by molar-refractivity contribution is -0.0311. The predicted octanol–water partition coefficient (Wildman–Crippen LogP) is 1.73. The van der Waals surface area contributed by atoms with Crippen molar-refractivity contribution in [1.29, 1.82) is 0 Å². The van der Waals surface area contributed by atoms with Gasteiger partial charge >= 0.3 is 0 Å². The lowest BCUT2D eigenvalue weighted by atomic mass is 10.1. The van der Waals surface area contributed by atoms with E-state index in [-0.39, 0.29) is 0 Å². The molecule has 16 heavy (non-hydrogen) atoms. The largest absolute Gasteiger partial charge is 0.376 e. The summed E-state index contributed by atoms with van der Waals surface area (Å²) in [6, 6.07) is 0.624. The van der Waals surface area contributed by atoms with Gasteiger partial charge in [0.15, 0.2) is 0 Å². The van der Waals surface area contributed by atoms with Crippen LogP contribution in [0.4, 0.5) is 0 Å². The fourth-order valence-corrected chi connectivity index (χ4v) is 2.08. The summed E-state index contributed by atoms with van der Waals surface area (Å²) in [5.74, 6) is 0.797. The Labute approximate surface area is 101 Å². The van der Waals surface area contributed by atoms with Crippen LogP contribution in [0.3, 0.4) is 0 Å². The number of morpholine rings is 1. The third-order valence-corrected chi connectivity index (χ3v) is 3.23. The molecule has 0 amide bonds. The van der Waals surface area contributed by atoms with E-state index in [4.69, 9.17) is 4.74 Å². The molecule has 1 aliphatic heterocycles. The molecule has 0 saturated carbocycles. The molecule has 1 N–H and O–H groups in total. The van der Waals surface area contributed by atoms with E-state index in [0.717, 1.165) is 38.7 Å². The number of nitrogens with one attached hydrogen (secondary N) is 1. The zero-order valence-corrected chi connectivity index (χ0v) is 11.3. The molecular formula is C13H28N2O. The van der Waals surface area contributed by atoms with Crippen molar-refractivity contribution in [3.63, 3.8) is 0 Å². The van der Waals surface area contributed by atoms with E-state index >= 15 is 0 Å². The summed E-state index contributed by atoms with van der Waals surface area (Å²) in [5, 5.41) is 3.55. The van der Waals surface area contributed by atoms with Crippen LogP contribution >= 0.6 is 0 Å². The molecule has 0 aromatic heterocycles. The van der Waals surface area contributed by atoms with Crippen LogP contribution in [-0.4, -0.2) is 49.8 Å². The number of rotatable bonds is 6. The third-order valence-electron chi connectivity index (χ3n) is 3.23. The van der Waals surface area contributed by atoms with Gasteiger partial charge in [0.05, 0.1) is 12.7 Å². The van der Waals surface area contributed by atoms with Gasteiger partial charge in [-0.15, -0.1) is 0 Å². The second-order valence-electron chi connectivity index (χ2n) is 5.41. The molecule has 1 fully saturated rings. The summed E-state index contributed by atoms with van der Waals surface area (Å²) >= 11 is 0. The Morgan fingerprint density at radius 3 is 2.75 bits per heavy atom. The molecule has 96 valence electrons. The van der Waals surface area contributed by atoms with Gasteiger partial charge in [-0.2, -0.15) is 0 Å². The minimum Gasteiger partial charge on any atom is -0.376 e. The first-order valence-corrected chi connectivity index (χ1v) is 6.66. The maximum Gasteiger partial charge on any atom is 0.0674 e. The molecule has 1 aliphatic rings. The fraction of sp³-hybridized carbons (Fsp3) is 1.00. The quantitative estimate of drug-likeness (QED) is 0.701. The van der Waals surface area contributed by atoms with Gasteiger partial charge in [0.25, 0.3) is 0 Å². The summed E-state index contributed by atoms with van der Waals surface area (Å²) in [6.07, 6.45) is 1.67. The van der Waals surface area contributed by atoms with Crippen LogP contribution in [0.2, 0.25) is 0 Å². The Bertz CT molecular complexity index is 185. The van der Waals surface area contributed by atoms with Crippen molar-refractivity contribution in [3.8, 4) is 0 Å². The molecule has 3 nitrogen and oxygen atoms in total. The highest BCUT2D eigenvalue weighted by molar-refractivity contribution is 4.75. The monoisotopic (exact) mass is 228 g/mol. The van der Waals surface area contributed by atoms with Crippen molar-refractivity contribution < 1.29 is 4.74 Å². The number of hydrogen-bond donors (Lipinski definition) is 1. The lowest BCUT2D eigenvalue weighted by Crippen LogP contribution is -2.49. The van der Waals surface area contributed by atoms with E-state index in [1.165, 1.54) is 6.42 Å². The van der Waals surface area contributed by atoms with Crippen molar-refractivity contribution in [1.82, 2.24) is 10.2 Å². The minimum atomic E-state index is 0.395. The van der Waals surface area contributed by atoms with E-state index in [9.17, 15) is 0 Å². The Hall–Kier alpha value is -0.120. The second-order valence-corrected chi connectivity index (χ2v) is 5.41. The van der Waals surface area contributed by atoms with Crippen molar-refractivity contribution >= 4 is 0 Å². The van der Waals surface area contributed by atoms with Gasteiger partial charge < -0.3 is 10.1 Å². The predicted molar refractivity (Wildman–Crippen MR) is 68.8 cm³/mol. The molecule has 3 heteroatoms. The zero-order chi connectivity index (χ0) is 12.0. The van der Waals surface area contributed by atoms with Gasteiger partial charge in [0, 0.05) is 25.7 Å². The average molecular weight is 228 g/mol. The van der Waals surface area contributed by atoms with E-state index in [1.807, 2.05) is 0 Å². The Morgan fingerprint density at radius 2 is 2.12 bits per heavy atom. The zero-order valence-electron chi connectivity index (χ0n) is 11.3. The van der Waals surface area contributed by atoms with Crippen LogP contribution in [-0.2, 0) is 4.74 Å². The molecular weight excluding hydrogens is 200 g/mol. The molecule has 0 aromatic rings. The lowest BCUT2D eigenvalue weighted by Gasteiger charge is -2.35. The molecule has 0 aromatic carbocycles. The van der Waals surface area contributed by atoms with Gasteiger partial charge in [0.1, 0.15) is 0 Å². The smallest absolute Gasteiger partial charge is 0.0674 e. The summed E-state index contributed by atoms with van der Waals surface area (Å²) in [5.41, 5.74) is 0. The van der Waals surface area contributed by atoms with Crippen LogP contribution in [0, 0.1) is 5.92 Å². The summed E-state index contributed by atoms with van der Waals surface area (Å²) in [6.45, 7) is 14.3. The third kappa shape index (κ3) is 5.28. The summed E-state index contributed by atoms with van der Waals surface area (Å²) in [7, 11) is 0. The SMILES string of the molecule is CC(C)CCNCC(C)N1CCOC(C)C1. The van der Waals surface area contributed by atoms with E-state index < -0.39 is 0 Å². The number of nitrogens with zero attached hydrogens (tertiary/aromatic N) is 1. The topological polar surface area (TPSA) is 24.5 Å². The first-order valence-electron chi connectivity index (χ1n) is 6.66. The van der Waals surface area contributed by atoms with E-state index in [0.29, 0.717) is 12.1 Å². The highest BCUT2D eigenvalue weighted by Crippen LogP contribution is 2.08. The Morgan fingerprint density at radius 1 is 1.38 bits per heavy atom. The molecule has 1 saturated heterocycles. The van der Waals surface area contributed by atoms with Gasteiger partial charge in [-0.25, -0.2) is 0 Å². The molecule has 0 radical (unpaired) electrons. The van der Waals surface area contributed by atoms with Gasteiger partial charge in [-0.1, -0.05) is 13.8 Å². The summed E-state index contributed by atoms with van der Waals surface area (Å²) in [4.78, 5) is 2.52. The first-order chi connectivity index (χ1) is 7.59. The maximum atomic E-state index is 5.55. The van der Waals surface area contributed by atoms with Crippen molar-refractivity contribution in [2.45, 2.75) is 46.3 Å². The van der Waals surface area contributed by atoms with Gasteiger partial charge in [-0.3, -0.25) is 4.90 Å². The molecule has 2 unspecified atom stereocenters. The molecule has 0 bridgehead atoms. The Kier molecular flexibility index (Phi) is 6.32. The van der Waals surface area contributed by atoms with Crippen LogP contribution in [0.15, 0.2) is 0 Å². The minimum absolute atomic E-state index is 0.395. The molecule has 0 spiro atoms. The fourth-order valence-electron chi connectivity index (χ4n) is 2.08. The van der Waals surface area contributed by atoms with Crippen molar-refractivity contribution in [2.75, 3.05) is 32.8 Å². The molecule has 1 heterocycles. The second kappa shape index (κ2) is 7.25. The first kappa shape index (κ1) is 13.9. The molecule has 0 aliphatic carbocycles. The van der Waals surface area contributed by atoms with Gasteiger partial charge in [0.2, 0.25) is 0 Å².